The van der Waals surface area contributed by atoms with Crippen LogP contribution in [0, 0.1) is 0 Å². The molecule has 1 nitrogen and oxygen atoms in total. The highest BCUT2D eigenvalue weighted by atomic mass is 16.3. The van der Waals surface area contributed by atoms with Crippen molar-refractivity contribution >= 4 is 0 Å². The van der Waals surface area contributed by atoms with Gasteiger partial charge in [0.15, 0.2) is 0 Å². The molecule has 0 radical (unpaired) electrons. The Labute approximate surface area is 73.0 Å². The first-order valence-corrected chi connectivity index (χ1v) is 4.63. The van der Waals surface area contributed by atoms with E-state index >= 15 is 0 Å². The number of aromatic hydroxyl groups is 1. The molecule has 0 saturated carbocycles. The quantitative estimate of drug-likeness (QED) is 0.673. The highest BCUT2D eigenvalue weighted by Gasteiger charge is 2.23. The summed E-state index contributed by atoms with van der Waals surface area (Å²) in [5.41, 5.74) is 2.56. The van der Waals surface area contributed by atoms with E-state index in [1.165, 1.54) is 17.5 Å². The molecule has 1 atom stereocenters. The third-order valence-corrected chi connectivity index (χ3v) is 2.84. The summed E-state index contributed by atoms with van der Waals surface area (Å²) >= 11 is 0. The Morgan fingerprint density at radius 1 is 1.50 bits per heavy atom. The van der Waals surface area contributed by atoms with Gasteiger partial charge in [-0.1, -0.05) is 19.1 Å². The van der Waals surface area contributed by atoms with Gasteiger partial charge in [-0.2, -0.15) is 0 Å². The van der Waals surface area contributed by atoms with Gasteiger partial charge in [0.25, 0.3) is 0 Å². The third-order valence-electron chi connectivity index (χ3n) is 2.84. The van der Waals surface area contributed by atoms with Crippen LogP contribution in [0.5, 0.6) is 5.75 Å². The predicted molar refractivity (Wildman–Crippen MR) is 49.5 cm³/mol. The minimum Gasteiger partial charge on any atom is -0.508 e. The number of hydrogen-bond acceptors (Lipinski definition) is 1. The van der Waals surface area contributed by atoms with Gasteiger partial charge in [-0.05, 0) is 36.8 Å². The summed E-state index contributed by atoms with van der Waals surface area (Å²) in [6, 6.07) is 5.86. The van der Waals surface area contributed by atoms with E-state index in [2.05, 4.69) is 13.0 Å². The van der Waals surface area contributed by atoms with Crippen LogP contribution in [0.25, 0.3) is 0 Å². The molecule has 2 rings (SSSR count). The molecule has 1 heteroatoms. The van der Waals surface area contributed by atoms with Crippen molar-refractivity contribution in [2.45, 2.75) is 32.1 Å². The van der Waals surface area contributed by atoms with Gasteiger partial charge in [0.2, 0.25) is 0 Å². The van der Waals surface area contributed by atoms with Crippen molar-refractivity contribution in [2.24, 2.45) is 0 Å². The summed E-state index contributed by atoms with van der Waals surface area (Å²) < 4.78 is 0. The first-order valence-electron chi connectivity index (χ1n) is 4.63. The van der Waals surface area contributed by atoms with Crippen molar-refractivity contribution in [3.63, 3.8) is 0 Å². The lowest BCUT2D eigenvalue weighted by Gasteiger charge is -2.09. The monoisotopic (exact) mass is 162 g/mol. The fourth-order valence-corrected chi connectivity index (χ4v) is 2.17. The van der Waals surface area contributed by atoms with E-state index in [1.54, 1.807) is 6.07 Å². The number of fused-ring (bicyclic) bond motifs is 1. The zero-order valence-electron chi connectivity index (χ0n) is 7.38. The lowest BCUT2D eigenvalue weighted by atomic mass is 9.98. The van der Waals surface area contributed by atoms with Crippen LogP contribution < -0.4 is 0 Å². The normalized spacial score (nSPS) is 20.9. The van der Waals surface area contributed by atoms with Crippen molar-refractivity contribution in [1.29, 1.82) is 0 Å². The summed E-state index contributed by atoms with van der Waals surface area (Å²) in [7, 11) is 0. The summed E-state index contributed by atoms with van der Waals surface area (Å²) in [4.78, 5) is 0. The Bertz CT molecular complexity index is 291. The average Bonchev–Trinajstić information content (AvgIpc) is 2.49. The number of phenolic OH excluding ortho intramolecular Hbond substituents is 1. The van der Waals surface area contributed by atoms with Gasteiger partial charge in [0.1, 0.15) is 5.75 Å². The van der Waals surface area contributed by atoms with Crippen LogP contribution in [0.2, 0.25) is 0 Å². The molecule has 1 aliphatic carbocycles. The molecule has 0 amide bonds. The standard InChI is InChI=1S/C11H14O/c1-2-8-6-7-9-4-3-5-10(12)11(8)9/h3-5,8,12H,2,6-7H2,1H3. The van der Waals surface area contributed by atoms with E-state index in [4.69, 9.17) is 0 Å². The maximum atomic E-state index is 9.63. The maximum Gasteiger partial charge on any atom is 0.119 e. The largest absolute Gasteiger partial charge is 0.508 e. The van der Waals surface area contributed by atoms with Gasteiger partial charge in [-0.25, -0.2) is 0 Å². The Morgan fingerprint density at radius 3 is 3.08 bits per heavy atom. The maximum absolute atomic E-state index is 9.63. The Balaban J connectivity index is 2.48. The molecule has 0 aliphatic heterocycles. The molecule has 0 heterocycles. The molecule has 1 aromatic carbocycles. The third kappa shape index (κ3) is 1.01. The van der Waals surface area contributed by atoms with Crippen molar-refractivity contribution in [3.8, 4) is 5.75 Å². The number of aryl methyl sites for hydroxylation is 1. The van der Waals surface area contributed by atoms with Crippen molar-refractivity contribution in [2.75, 3.05) is 0 Å². The van der Waals surface area contributed by atoms with Crippen molar-refractivity contribution < 1.29 is 5.11 Å². The van der Waals surface area contributed by atoms with Gasteiger partial charge >= 0.3 is 0 Å². The van der Waals surface area contributed by atoms with Crippen LogP contribution in [-0.2, 0) is 6.42 Å². The van der Waals surface area contributed by atoms with Crippen LogP contribution in [0.3, 0.4) is 0 Å². The second-order valence-electron chi connectivity index (χ2n) is 3.49. The Morgan fingerprint density at radius 2 is 2.33 bits per heavy atom. The van der Waals surface area contributed by atoms with Gasteiger partial charge in [0, 0.05) is 5.56 Å². The summed E-state index contributed by atoms with van der Waals surface area (Å²) in [6.45, 7) is 2.19. The summed E-state index contributed by atoms with van der Waals surface area (Å²) in [5.74, 6) is 1.10. The number of rotatable bonds is 1. The molecular weight excluding hydrogens is 148 g/mol. The summed E-state index contributed by atoms with van der Waals surface area (Å²) in [6.07, 6.45) is 3.50. The zero-order valence-corrected chi connectivity index (χ0v) is 7.38. The van der Waals surface area contributed by atoms with Crippen LogP contribution in [0.1, 0.15) is 36.8 Å². The summed E-state index contributed by atoms with van der Waals surface area (Å²) in [5, 5.41) is 9.63. The second kappa shape index (κ2) is 2.81. The van der Waals surface area contributed by atoms with Gasteiger partial charge < -0.3 is 5.11 Å². The lowest BCUT2D eigenvalue weighted by Crippen LogP contribution is -1.90. The molecule has 0 aromatic heterocycles. The molecular formula is C11H14O. The topological polar surface area (TPSA) is 20.2 Å². The van der Waals surface area contributed by atoms with Crippen LogP contribution in [-0.4, -0.2) is 5.11 Å². The van der Waals surface area contributed by atoms with E-state index in [0.29, 0.717) is 11.7 Å². The molecule has 12 heavy (non-hydrogen) atoms. The lowest BCUT2D eigenvalue weighted by molar-refractivity contribution is 0.461. The van der Waals surface area contributed by atoms with E-state index < -0.39 is 0 Å². The molecule has 1 aromatic rings. The molecule has 0 saturated heterocycles. The second-order valence-corrected chi connectivity index (χ2v) is 3.49. The van der Waals surface area contributed by atoms with Crippen LogP contribution >= 0.6 is 0 Å². The number of phenols is 1. The van der Waals surface area contributed by atoms with Crippen molar-refractivity contribution in [1.82, 2.24) is 0 Å². The fourth-order valence-electron chi connectivity index (χ4n) is 2.17. The molecule has 1 aliphatic rings. The highest BCUT2D eigenvalue weighted by molar-refractivity contribution is 5.44. The first kappa shape index (κ1) is 7.66. The highest BCUT2D eigenvalue weighted by Crippen LogP contribution is 2.40. The molecule has 1 N–H and O–H groups in total. The van der Waals surface area contributed by atoms with Crippen LogP contribution in [0.15, 0.2) is 18.2 Å². The molecule has 1 unspecified atom stereocenters. The fraction of sp³-hybridized carbons (Fsp3) is 0.455. The van der Waals surface area contributed by atoms with E-state index in [9.17, 15) is 5.11 Å². The van der Waals surface area contributed by atoms with Gasteiger partial charge in [-0.15, -0.1) is 0 Å². The smallest absolute Gasteiger partial charge is 0.119 e. The minimum atomic E-state index is 0.497. The molecule has 0 bridgehead atoms. The molecule has 0 spiro atoms. The van der Waals surface area contributed by atoms with E-state index in [-0.39, 0.29) is 0 Å². The zero-order chi connectivity index (χ0) is 8.55. The van der Waals surface area contributed by atoms with Gasteiger partial charge in [0.05, 0.1) is 0 Å². The average molecular weight is 162 g/mol. The Hall–Kier alpha value is -0.980. The van der Waals surface area contributed by atoms with Crippen LogP contribution in [0.4, 0.5) is 0 Å². The molecule has 0 fully saturated rings. The number of benzene rings is 1. The predicted octanol–water partition coefficient (Wildman–Crippen LogP) is 2.83. The SMILES string of the molecule is CCC1CCc2cccc(O)c21. The molecule has 64 valence electrons. The van der Waals surface area contributed by atoms with Crippen molar-refractivity contribution in [3.05, 3.63) is 29.3 Å². The van der Waals surface area contributed by atoms with E-state index in [0.717, 1.165) is 12.8 Å². The Kier molecular flexibility index (Phi) is 1.80. The first-order chi connectivity index (χ1) is 5.83. The van der Waals surface area contributed by atoms with E-state index in [1.807, 2.05) is 6.07 Å². The number of hydrogen-bond donors (Lipinski definition) is 1. The van der Waals surface area contributed by atoms with Gasteiger partial charge in [-0.3, -0.25) is 0 Å². The minimum absolute atomic E-state index is 0.497.